The number of hydrogen-bond donors (Lipinski definition) is 1. The number of aromatic nitrogens is 3. The highest BCUT2D eigenvalue weighted by Crippen LogP contribution is 2.37. The standard InChI is InChI=1S/C15H11N3O2S2/c1-2-20-15(19)12-8-5-6-9-13(18-22-17-9)11(8)14(16-12)10-4-3-7-21-10/h3-7,17H,2H2,1H3. The topological polar surface area (TPSA) is 67.9 Å². The van der Waals surface area contributed by atoms with Gasteiger partial charge in [0, 0.05) is 22.5 Å². The fourth-order valence-electron chi connectivity index (χ4n) is 2.50. The summed E-state index contributed by atoms with van der Waals surface area (Å²) in [5, 5.41) is 3.68. The summed E-state index contributed by atoms with van der Waals surface area (Å²) in [6.07, 6.45) is 0. The lowest BCUT2D eigenvalue weighted by atomic mass is 10.1. The van der Waals surface area contributed by atoms with Crippen LogP contribution in [0.25, 0.3) is 32.4 Å². The maximum absolute atomic E-state index is 12.2. The van der Waals surface area contributed by atoms with Crippen molar-refractivity contribution in [3.63, 3.8) is 0 Å². The molecule has 5 nitrogen and oxygen atoms in total. The molecule has 0 amide bonds. The second kappa shape index (κ2) is 5.19. The van der Waals surface area contributed by atoms with Crippen molar-refractivity contribution in [2.24, 2.45) is 0 Å². The molecular weight excluding hydrogens is 318 g/mol. The number of esters is 1. The molecule has 22 heavy (non-hydrogen) atoms. The average Bonchev–Trinajstić information content (AvgIpc) is 3.24. The molecule has 4 rings (SSSR count). The summed E-state index contributed by atoms with van der Waals surface area (Å²) in [6.45, 7) is 2.12. The largest absolute Gasteiger partial charge is 0.461 e. The van der Waals surface area contributed by atoms with E-state index in [0.717, 1.165) is 32.4 Å². The molecule has 3 aromatic heterocycles. The number of fused-ring (bicyclic) bond motifs is 3. The fraction of sp³-hybridized carbons (Fsp3) is 0.133. The van der Waals surface area contributed by atoms with Gasteiger partial charge in [0.05, 0.1) is 22.7 Å². The molecule has 0 saturated carbocycles. The lowest BCUT2D eigenvalue weighted by Gasteiger charge is -1.98. The molecule has 0 bridgehead atoms. The van der Waals surface area contributed by atoms with E-state index >= 15 is 0 Å². The summed E-state index contributed by atoms with van der Waals surface area (Å²) < 4.78 is 12.7. The van der Waals surface area contributed by atoms with Crippen molar-refractivity contribution in [3.8, 4) is 10.6 Å². The van der Waals surface area contributed by atoms with E-state index in [9.17, 15) is 4.79 Å². The van der Waals surface area contributed by atoms with Crippen LogP contribution in [0.15, 0.2) is 29.6 Å². The van der Waals surface area contributed by atoms with Crippen LogP contribution in [0.3, 0.4) is 0 Å². The van der Waals surface area contributed by atoms with Gasteiger partial charge in [-0.2, -0.15) is 4.37 Å². The Kier molecular flexibility index (Phi) is 3.16. The second-order valence-corrected chi connectivity index (χ2v) is 6.19. The van der Waals surface area contributed by atoms with Gasteiger partial charge in [0.1, 0.15) is 5.52 Å². The van der Waals surface area contributed by atoms with Crippen LogP contribution in [0.5, 0.6) is 0 Å². The number of nitrogens with one attached hydrogen (secondary N) is 1. The fourth-order valence-corrected chi connectivity index (χ4v) is 3.81. The van der Waals surface area contributed by atoms with Gasteiger partial charge in [0.25, 0.3) is 0 Å². The molecule has 1 aromatic carbocycles. The van der Waals surface area contributed by atoms with E-state index in [4.69, 9.17) is 4.74 Å². The first-order valence-corrected chi connectivity index (χ1v) is 8.42. The quantitative estimate of drug-likeness (QED) is 0.575. The Morgan fingerprint density at radius 2 is 2.27 bits per heavy atom. The number of rotatable bonds is 3. The van der Waals surface area contributed by atoms with Crippen molar-refractivity contribution in [2.45, 2.75) is 6.92 Å². The first-order valence-electron chi connectivity index (χ1n) is 6.77. The number of ether oxygens (including phenoxy) is 1. The van der Waals surface area contributed by atoms with E-state index in [1.54, 1.807) is 18.3 Å². The van der Waals surface area contributed by atoms with Gasteiger partial charge < -0.3 is 4.74 Å². The zero-order valence-corrected chi connectivity index (χ0v) is 13.3. The van der Waals surface area contributed by atoms with E-state index in [1.807, 2.05) is 29.6 Å². The molecule has 4 aromatic rings. The van der Waals surface area contributed by atoms with Crippen LogP contribution < -0.4 is 0 Å². The maximum atomic E-state index is 12.2. The van der Waals surface area contributed by atoms with Crippen molar-refractivity contribution in [1.29, 1.82) is 0 Å². The summed E-state index contributed by atoms with van der Waals surface area (Å²) in [7, 11) is 0. The summed E-state index contributed by atoms with van der Waals surface area (Å²) in [4.78, 5) is 17.8. The van der Waals surface area contributed by atoms with Crippen molar-refractivity contribution in [2.75, 3.05) is 6.61 Å². The first-order chi connectivity index (χ1) is 10.8. The molecule has 0 aliphatic rings. The first kappa shape index (κ1) is 13.4. The molecular formula is C15H11N3O2S2. The molecule has 0 aliphatic carbocycles. The lowest BCUT2D eigenvalue weighted by Crippen LogP contribution is -2.05. The van der Waals surface area contributed by atoms with Gasteiger partial charge in [-0.05, 0) is 30.5 Å². The highest BCUT2D eigenvalue weighted by Gasteiger charge is 2.22. The van der Waals surface area contributed by atoms with Crippen molar-refractivity contribution >= 4 is 50.8 Å². The third-order valence-corrected chi connectivity index (χ3v) is 4.87. The van der Waals surface area contributed by atoms with Gasteiger partial charge in [0.15, 0.2) is 5.69 Å². The summed E-state index contributed by atoms with van der Waals surface area (Å²) in [5.74, 6) is -0.395. The highest BCUT2D eigenvalue weighted by atomic mass is 32.1. The number of carbonyl (C=O) groups is 1. The van der Waals surface area contributed by atoms with Crippen LogP contribution in [0.2, 0.25) is 0 Å². The van der Waals surface area contributed by atoms with Crippen LogP contribution in [-0.4, -0.2) is 26.3 Å². The Balaban J connectivity index is 2.09. The third-order valence-electron chi connectivity index (χ3n) is 3.41. The number of H-pyrrole nitrogens is 1. The smallest absolute Gasteiger partial charge is 0.357 e. The zero-order valence-electron chi connectivity index (χ0n) is 11.6. The minimum absolute atomic E-state index is 0.328. The van der Waals surface area contributed by atoms with Crippen LogP contribution >= 0.6 is 23.1 Å². The maximum Gasteiger partial charge on any atom is 0.357 e. The monoisotopic (exact) mass is 329 g/mol. The molecule has 0 fully saturated rings. The van der Waals surface area contributed by atoms with E-state index in [1.165, 1.54) is 11.7 Å². The van der Waals surface area contributed by atoms with E-state index < -0.39 is 5.97 Å². The summed E-state index contributed by atoms with van der Waals surface area (Å²) in [5.41, 5.74) is 2.93. The SMILES string of the molecule is CCOC(=O)c1nc(-c2cccs2)c2c1ccc1[nH]snc12. The number of aromatic amines is 1. The number of thiophene rings is 1. The lowest BCUT2D eigenvalue weighted by molar-refractivity contribution is 0.0522. The molecule has 0 unspecified atom stereocenters. The Hall–Kier alpha value is -2.25. The van der Waals surface area contributed by atoms with Gasteiger partial charge in [0.2, 0.25) is 0 Å². The van der Waals surface area contributed by atoms with E-state index in [0.29, 0.717) is 12.3 Å². The predicted molar refractivity (Wildman–Crippen MR) is 88.5 cm³/mol. The summed E-state index contributed by atoms with van der Waals surface area (Å²) >= 11 is 2.88. The molecule has 3 heterocycles. The van der Waals surface area contributed by atoms with Gasteiger partial charge in [-0.15, -0.1) is 11.3 Å². The van der Waals surface area contributed by atoms with Crippen LogP contribution in [0.4, 0.5) is 0 Å². The predicted octanol–water partition coefficient (Wildman–Crippen LogP) is 4.08. The van der Waals surface area contributed by atoms with Crippen molar-refractivity contribution < 1.29 is 9.53 Å². The van der Waals surface area contributed by atoms with Crippen LogP contribution in [0.1, 0.15) is 17.4 Å². The Morgan fingerprint density at radius 3 is 3.05 bits per heavy atom. The molecule has 0 aliphatic heterocycles. The molecule has 110 valence electrons. The van der Waals surface area contributed by atoms with Gasteiger partial charge in [-0.25, -0.2) is 9.78 Å². The number of hydrogen-bond acceptors (Lipinski definition) is 6. The van der Waals surface area contributed by atoms with E-state index in [2.05, 4.69) is 13.7 Å². The van der Waals surface area contributed by atoms with Crippen LogP contribution in [0, 0.1) is 0 Å². The second-order valence-electron chi connectivity index (χ2n) is 4.68. The zero-order chi connectivity index (χ0) is 15.1. The Morgan fingerprint density at radius 1 is 1.36 bits per heavy atom. The van der Waals surface area contributed by atoms with Crippen molar-refractivity contribution in [1.82, 2.24) is 13.7 Å². The minimum Gasteiger partial charge on any atom is -0.461 e. The molecule has 0 radical (unpaired) electrons. The van der Waals surface area contributed by atoms with Crippen LogP contribution in [-0.2, 0) is 4.74 Å². The molecule has 0 atom stereocenters. The normalized spacial score (nSPS) is 11.3. The minimum atomic E-state index is -0.395. The summed E-state index contributed by atoms with van der Waals surface area (Å²) in [6, 6.07) is 7.79. The average molecular weight is 329 g/mol. The molecule has 7 heteroatoms. The Bertz CT molecular complexity index is 970. The van der Waals surface area contributed by atoms with Gasteiger partial charge in [-0.3, -0.25) is 4.37 Å². The molecule has 1 N–H and O–H groups in total. The number of carbonyl (C=O) groups excluding carboxylic acids is 1. The van der Waals surface area contributed by atoms with Gasteiger partial charge >= 0.3 is 5.97 Å². The molecule has 0 saturated heterocycles. The van der Waals surface area contributed by atoms with E-state index in [-0.39, 0.29) is 0 Å². The number of nitrogens with zero attached hydrogens (tertiary/aromatic N) is 2. The Labute approximate surface area is 133 Å². The van der Waals surface area contributed by atoms with Gasteiger partial charge in [-0.1, -0.05) is 6.07 Å². The number of benzene rings is 1. The highest BCUT2D eigenvalue weighted by molar-refractivity contribution is 7.13. The van der Waals surface area contributed by atoms with Crippen molar-refractivity contribution in [3.05, 3.63) is 35.3 Å². The molecule has 0 spiro atoms. The third kappa shape index (κ3) is 1.93.